The van der Waals surface area contributed by atoms with Crippen LogP contribution in [-0.4, -0.2) is 39.0 Å². The molecule has 1 rings (SSSR count). The molecule has 0 bridgehead atoms. The Hall–Kier alpha value is -1.18. The number of hydrogen-bond acceptors (Lipinski definition) is 5. The van der Waals surface area contributed by atoms with E-state index in [-0.39, 0.29) is 25.0 Å². The van der Waals surface area contributed by atoms with E-state index in [0.717, 1.165) is 5.56 Å². The van der Waals surface area contributed by atoms with Crippen molar-refractivity contribution in [3.8, 4) is 5.88 Å². The molecule has 0 saturated carbocycles. The van der Waals surface area contributed by atoms with E-state index in [4.69, 9.17) is 9.47 Å². The van der Waals surface area contributed by atoms with Gasteiger partial charge in [-0.2, -0.15) is 0 Å². The second kappa shape index (κ2) is 7.42. The number of pyridine rings is 1. The Morgan fingerprint density at radius 1 is 1.42 bits per heavy atom. The first kappa shape index (κ1) is 15.9. The largest absolute Gasteiger partial charge is 0.475 e. The van der Waals surface area contributed by atoms with Crippen LogP contribution >= 0.6 is 0 Å². The van der Waals surface area contributed by atoms with Crippen molar-refractivity contribution in [3.63, 3.8) is 0 Å². The van der Waals surface area contributed by atoms with E-state index < -0.39 is 10.0 Å². The van der Waals surface area contributed by atoms with E-state index in [1.807, 2.05) is 13.8 Å². The summed E-state index contributed by atoms with van der Waals surface area (Å²) in [4.78, 5) is 4.05. The molecular weight excluding hydrogens is 268 g/mol. The summed E-state index contributed by atoms with van der Waals surface area (Å²) in [5.41, 5.74) is 0.798. The third kappa shape index (κ3) is 6.51. The average Bonchev–Trinajstić information content (AvgIpc) is 2.34. The molecule has 0 aliphatic heterocycles. The number of methoxy groups -OCH3 is 1. The Morgan fingerprint density at radius 3 is 2.79 bits per heavy atom. The van der Waals surface area contributed by atoms with Gasteiger partial charge in [0.25, 0.3) is 0 Å². The van der Waals surface area contributed by atoms with Gasteiger partial charge in [-0.25, -0.2) is 18.1 Å². The van der Waals surface area contributed by atoms with Crippen LogP contribution < -0.4 is 9.46 Å². The van der Waals surface area contributed by atoms with E-state index in [2.05, 4.69) is 9.71 Å². The van der Waals surface area contributed by atoms with Gasteiger partial charge in [-0.3, -0.25) is 0 Å². The normalized spacial score (nSPS) is 11.8. The zero-order valence-electron chi connectivity index (χ0n) is 11.4. The molecule has 6 nitrogen and oxygen atoms in total. The van der Waals surface area contributed by atoms with Crippen LogP contribution in [0.5, 0.6) is 5.88 Å². The molecule has 0 aromatic carbocycles. The van der Waals surface area contributed by atoms with Crippen molar-refractivity contribution >= 4 is 10.0 Å². The fourth-order valence-corrected chi connectivity index (χ4v) is 2.24. The minimum atomic E-state index is -3.31. The van der Waals surface area contributed by atoms with Crippen LogP contribution in [0.2, 0.25) is 0 Å². The molecular formula is C12H20N2O4S. The van der Waals surface area contributed by atoms with Gasteiger partial charge < -0.3 is 9.47 Å². The van der Waals surface area contributed by atoms with Crippen molar-refractivity contribution < 1.29 is 17.9 Å². The van der Waals surface area contributed by atoms with Crippen LogP contribution in [0.1, 0.15) is 19.4 Å². The topological polar surface area (TPSA) is 77.5 Å². The van der Waals surface area contributed by atoms with Crippen LogP contribution in [0, 0.1) is 0 Å². The summed E-state index contributed by atoms with van der Waals surface area (Å²) in [6, 6.07) is 3.46. The van der Waals surface area contributed by atoms with Gasteiger partial charge in [-0.05, 0) is 25.5 Å². The van der Waals surface area contributed by atoms with Crippen molar-refractivity contribution in [2.45, 2.75) is 26.5 Å². The highest BCUT2D eigenvalue weighted by Crippen LogP contribution is 2.11. The molecule has 0 atom stereocenters. The summed E-state index contributed by atoms with van der Waals surface area (Å²) in [6.45, 7) is 4.19. The van der Waals surface area contributed by atoms with Gasteiger partial charge in [0.05, 0.1) is 18.5 Å². The highest BCUT2D eigenvalue weighted by Gasteiger charge is 2.10. The summed E-state index contributed by atoms with van der Waals surface area (Å²) in [7, 11) is -1.85. The zero-order valence-corrected chi connectivity index (χ0v) is 12.2. The number of ether oxygens (including phenoxy) is 2. The van der Waals surface area contributed by atoms with Crippen LogP contribution in [0.3, 0.4) is 0 Å². The first-order valence-corrected chi connectivity index (χ1v) is 7.66. The van der Waals surface area contributed by atoms with Gasteiger partial charge in [0, 0.05) is 25.9 Å². The maximum Gasteiger partial charge on any atom is 0.214 e. The SMILES string of the molecule is COCCS(=O)(=O)NCc1ccnc(OC(C)C)c1. The van der Waals surface area contributed by atoms with Gasteiger partial charge in [-0.1, -0.05) is 0 Å². The van der Waals surface area contributed by atoms with Gasteiger partial charge >= 0.3 is 0 Å². The van der Waals surface area contributed by atoms with E-state index in [1.54, 1.807) is 18.3 Å². The predicted octanol–water partition coefficient (Wildman–Crippen LogP) is 0.935. The molecule has 1 N–H and O–H groups in total. The molecule has 1 heterocycles. The quantitative estimate of drug-likeness (QED) is 0.770. The number of nitrogens with zero attached hydrogens (tertiary/aromatic N) is 1. The zero-order chi connectivity index (χ0) is 14.3. The Balaban J connectivity index is 2.58. The number of nitrogens with one attached hydrogen (secondary N) is 1. The summed E-state index contributed by atoms with van der Waals surface area (Å²) >= 11 is 0. The van der Waals surface area contributed by atoms with Crippen LogP contribution in [0.25, 0.3) is 0 Å². The smallest absolute Gasteiger partial charge is 0.214 e. The third-order valence-corrected chi connectivity index (χ3v) is 3.50. The predicted molar refractivity (Wildman–Crippen MR) is 72.5 cm³/mol. The summed E-state index contributed by atoms with van der Waals surface area (Å²) in [5, 5.41) is 0. The molecule has 1 aromatic heterocycles. The van der Waals surface area contributed by atoms with E-state index in [1.165, 1.54) is 7.11 Å². The Bertz CT molecular complexity index is 488. The molecule has 7 heteroatoms. The maximum absolute atomic E-state index is 11.6. The van der Waals surface area contributed by atoms with Crippen molar-refractivity contribution in [1.29, 1.82) is 0 Å². The molecule has 0 aliphatic carbocycles. The highest BCUT2D eigenvalue weighted by molar-refractivity contribution is 7.89. The first-order chi connectivity index (χ1) is 8.93. The molecule has 0 fully saturated rings. The molecule has 0 unspecified atom stereocenters. The molecule has 0 spiro atoms. The lowest BCUT2D eigenvalue weighted by atomic mass is 10.3. The molecule has 0 radical (unpaired) electrons. The van der Waals surface area contributed by atoms with Gasteiger partial charge in [0.15, 0.2) is 0 Å². The van der Waals surface area contributed by atoms with Crippen molar-refractivity contribution in [2.24, 2.45) is 0 Å². The van der Waals surface area contributed by atoms with E-state index in [0.29, 0.717) is 5.88 Å². The molecule has 108 valence electrons. The second-order valence-corrected chi connectivity index (χ2v) is 6.23. The first-order valence-electron chi connectivity index (χ1n) is 6.01. The van der Waals surface area contributed by atoms with Crippen LogP contribution in [0.4, 0.5) is 0 Å². The molecule has 0 amide bonds. The number of sulfonamides is 1. The fourth-order valence-electron chi connectivity index (χ4n) is 1.32. The molecule has 19 heavy (non-hydrogen) atoms. The van der Waals surface area contributed by atoms with Crippen molar-refractivity contribution in [1.82, 2.24) is 9.71 Å². The van der Waals surface area contributed by atoms with E-state index in [9.17, 15) is 8.42 Å². The Morgan fingerprint density at radius 2 is 2.16 bits per heavy atom. The number of hydrogen-bond donors (Lipinski definition) is 1. The van der Waals surface area contributed by atoms with Crippen molar-refractivity contribution in [3.05, 3.63) is 23.9 Å². The summed E-state index contributed by atoms with van der Waals surface area (Å²) in [5.74, 6) is 0.438. The standard InChI is InChI=1S/C12H20N2O4S/c1-10(2)18-12-8-11(4-5-13-12)9-14-19(15,16)7-6-17-3/h4-5,8,10,14H,6-7,9H2,1-3H3. The summed E-state index contributed by atoms with van der Waals surface area (Å²) < 4.78 is 35.9. The average molecular weight is 288 g/mol. The van der Waals surface area contributed by atoms with Crippen LogP contribution in [-0.2, 0) is 21.3 Å². The van der Waals surface area contributed by atoms with Gasteiger partial charge in [0.1, 0.15) is 0 Å². The second-order valence-electron chi connectivity index (χ2n) is 4.30. The minimum absolute atomic E-state index is 0.0288. The van der Waals surface area contributed by atoms with Gasteiger partial charge in [-0.15, -0.1) is 0 Å². The van der Waals surface area contributed by atoms with E-state index >= 15 is 0 Å². The van der Waals surface area contributed by atoms with Crippen molar-refractivity contribution in [2.75, 3.05) is 19.5 Å². The number of aromatic nitrogens is 1. The maximum atomic E-state index is 11.6. The lowest BCUT2D eigenvalue weighted by molar-refractivity contribution is 0.217. The summed E-state index contributed by atoms with van der Waals surface area (Å²) in [6.07, 6.45) is 1.62. The third-order valence-electron chi connectivity index (χ3n) is 2.21. The monoisotopic (exact) mass is 288 g/mol. The molecule has 0 aliphatic rings. The fraction of sp³-hybridized carbons (Fsp3) is 0.583. The molecule has 0 saturated heterocycles. The lowest BCUT2D eigenvalue weighted by Crippen LogP contribution is -2.27. The lowest BCUT2D eigenvalue weighted by Gasteiger charge is -2.10. The highest BCUT2D eigenvalue weighted by atomic mass is 32.2. The number of rotatable bonds is 8. The van der Waals surface area contributed by atoms with Gasteiger partial charge in [0.2, 0.25) is 15.9 Å². The Labute approximate surface area is 114 Å². The van der Waals surface area contributed by atoms with Crippen LogP contribution in [0.15, 0.2) is 18.3 Å². The minimum Gasteiger partial charge on any atom is -0.475 e. The Kier molecular flexibility index (Phi) is 6.20. The molecule has 1 aromatic rings.